The van der Waals surface area contributed by atoms with Gasteiger partial charge in [-0.05, 0) is 51.9 Å². The average Bonchev–Trinajstić information content (AvgIpc) is 2.68. The Morgan fingerprint density at radius 1 is 1.32 bits per heavy atom. The van der Waals surface area contributed by atoms with E-state index in [4.69, 9.17) is 12.2 Å². The fraction of sp³-hybridized carbons (Fsp3) is 0.0769. The zero-order valence-electron chi connectivity index (χ0n) is 9.73. The van der Waals surface area contributed by atoms with Gasteiger partial charge in [0.2, 0.25) is 0 Å². The Kier molecular flexibility index (Phi) is 3.20. The summed E-state index contributed by atoms with van der Waals surface area (Å²) in [5, 5.41) is 0. The highest BCUT2D eigenvalue weighted by Gasteiger charge is 2.07. The zero-order chi connectivity index (χ0) is 13.4. The lowest BCUT2D eigenvalue weighted by Crippen LogP contribution is -2.00. The Balaban J connectivity index is 2.07. The molecule has 0 spiro atoms. The van der Waals surface area contributed by atoms with Crippen LogP contribution in [0.15, 0.2) is 41.0 Å². The van der Waals surface area contributed by atoms with Crippen LogP contribution < -0.4 is 0 Å². The molecule has 0 radical (unpaired) electrons. The molecule has 0 aliphatic heterocycles. The van der Waals surface area contributed by atoms with Gasteiger partial charge < -0.3 is 4.98 Å². The Morgan fingerprint density at radius 2 is 2.05 bits per heavy atom. The molecule has 0 fully saturated rings. The van der Waals surface area contributed by atoms with Crippen LogP contribution >= 0.6 is 28.1 Å². The number of aromatic nitrogens is 3. The van der Waals surface area contributed by atoms with E-state index in [1.165, 1.54) is 12.1 Å². The standard InChI is InChI=1S/C13H9BrFN3S/c14-9-5-11-12(16-6-9)18(13(19)17-11)7-8-1-3-10(15)4-2-8/h1-6H,7H2,(H,17,19). The van der Waals surface area contributed by atoms with Crippen LogP contribution in [0.2, 0.25) is 0 Å². The minimum Gasteiger partial charge on any atom is -0.329 e. The lowest BCUT2D eigenvalue weighted by molar-refractivity contribution is 0.626. The fourth-order valence-electron chi connectivity index (χ4n) is 1.94. The molecule has 2 heterocycles. The summed E-state index contributed by atoms with van der Waals surface area (Å²) in [5.74, 6) is -0.242. The molecule has 2 aromatic heterocycles. The number of rotatable bonds is 2. The van der Waals surface area contributed by atoms with Gasteiger partial charge in [0.05, 0.1) is 12.1 Å². The van der Waals surface area contributed by atoms with Crippen molar-refractivity contribution in [3.8, 4) is 0 Å². The monoisotopic (exact) mass is 337 g/mol. The van der Waals surface area contributed by atoms with Crippen molar-refractivity contribution in [2.45, 2.75) is 6.54 Å². The van der Waals surface area contributed by atoms with Crippen molar-refractivity contribution < 1.29 is 4.39 Å². The average molecular weight is 338 g/mol. The molecule has 3 nitrogen and oxygen atoms in total. The second-order valence-electron chi connectivity index (χ2n) is 4.17. The van der Waals surface area contributed by atoms with Crippen LogP contribution in [0.4, 0.5) is 4.39 Å². The first-order valence-corrected chi connectivity index (χ1v) is 6.82. The molecule has 0 saturated carbocycles. The van der Waals surface area contributed by atoms with E-state index < -0.39 is 0 Å². The Bertz CT molecular complexity index is 792. The molecule has 0 amide bonds. The van der Waals surface area contributed by atoms with Gasteiger partial charge in [-0.25, -0.2) is 9.37 Å². The van der Waals surface area contributed by atoms with Crippen molar-refractivity contribution in [2.75, 3.05) is 0 Å². The van der Waals surface area contributed by atoms with Gasteiger partial charge in [-0.1, -0.05) is 12.1 Å². The molecule has 0 unspecified atom stereocenters. The number of nitrogens with one attached hydrogen (secondary N) is 1. The molecule has 0 aliphatic carbocycles. The number of aromatic amines is 1. The third kappa shape index (κ3) is 2.46. The lowest BCUT2D eigenvalue weighted by atomic mass is 10.2. The minimum absolute atomic E-state index is 0.242. The normalized spacial score (nSPS) is 11.1. The quantitative estimate of drug-likeness (QED) is 0.716. The van der Waals surface area contributed by atoms with E-state index in [1.54, 1.807) is 18.3 Å². The van der Waals surface area contributed by atoms with Gasteiger partial charge in [0.15, 0.2) is 10.4 Å². The van der Waals surface area contributed by atoms with Gasteiger partial charge in [-0.15, -0.1) is 0 Å². The lowest BCUT2D eigenvalue weighted by Gasteiger charge is -2.04. The zero-order valence-corrected chi connectivity index (χ0v) is 12.1. The SMILES string of the molecule is Fc1ccc(Cn2c(=S)[nH]c3cc(Br)cnc32)cc1. The van der Waals surface area contributed by atoms with E-state index in [2.05, 4.69) is 25.9 Å². The van der Waals surface area contributed by atoms with Crippen molar-refractivity contribution in [1.82, 2.24) is 14.5 Å². The Labute approximate surface area is 122 Å². The molecule has 3 rings (SSSR count). The number of hydrogen-bond acceptors (Lipinski definition) is 2. The van der Waals surface area contributed by atoms with Crippen LogP contribution in [0, 0.1) is 10.6 Å². The summed E-state index contributed by atoms with van der Waals surface area (Å²) in [5.41, 5.74) is 2.64. The molecular weight excluding hydrogens is 329 g/mol. The van der Waals surface area contributed by atoms with Crippen molar-refractivity contribution in [2.24, 2.45) is 0 Å². The summed E-state index contributed by atoms with van der Waals surface area (Å²) in [4.78, 5) is 7.47. The van der Waals surface area contributed by atoms with E-state index >= 15 is 0 Å². The van der Waals surface area contributed by atoms with E-state index in [0.29, 0.717) is 11.3 Å². The number of H-pyrrole nitrogens is 1. The van der Waals surface area contributed by atoms with Gasteiger partial charge in [-0.3, -0.25) is 4.57 Å². The van der Waals surface area contributed by atoms with Crippen LogP contribution in [0.1, 0.15) is 5.56 Å². The van der Waals surface area contributed by atoms with Crippen LogP contribution in [0.3, 0.4) is 0 Å². The highest BCUT2D eigenvalue weighted by Crippen LogP contribution is 2.18. The van der Waals surface area contributed by atoms with Gasteiger partial charge in [0.25, 0.3) is 0 Å². The second-order valence-corrected chi connectivity index (χ2v) is 5.47. The van der Waals surface area contributed by atoms with E-state index in [1.807, 2.05) is 10.6 Å². The Morgan fingerprint density at radius 3 is 2.79 bits per heavy atom. The molecule has 0 aliphatic rings. The van der Waals surface area contributed by atoms with Crippen molar-refractivity contribution in [1.29, 1.82) is 0 Å². The molecule has 6 heteroatoms. The van der Waals surface area contributed by atoms with Crippen LogP contribution in [0.5, 0.6) is 0 Å². The van der Waals surface area contributed by atoms with Crippen molar-refractivity contribution >= 4 is 39.3 Å². The van der Waals surface area contributed by atoms with E-state index in [9.17, 15) is 4.39 Å². The molecule has 1 aromatic carbocycles. The first-order chi connectivity index (χ1) is 9.13. The third-order valence-corrected chi connectivity index (χ3v) is 3.59. The molecular formula is C13H9BrFN3S. The number of imidazole rings is 1. The van der Waals surface area contributed by atoms with Gasteiger partial charge in [0, 0.05) is 10.7 Å². The predicted octanol–water partition coefficient (Wildman–Crippen LogP) is 4.04. The number of hydrogen-bond donors (Lipinski definition) is 1. The summed E-state index contributed by atoms with van der Waals surface area (Å²) >= 11 is 8.67. The number of pyridine rings is 1. The first kappa shape index (κ1) is 12.5. The molecule has 0 saturated heterocycles. The second kappa shape index (κ2) is 4.86. The smallest absolute Gasteiger partial charge is 0.179 e. The minimum atomic E-state index is -0.242. The molecule has 96 valence electrons. The van der Waals surface area contributed by atoms with Crippen LogP contribution in [-0.2, 0) is 6.54 Å². The third-order valence-electron chi connectivity index (χ3n) is 2.83. The molecule has 0 bridgehead atoms. The number of nitrogens with zero attached hydrogens (tertiary/aromatic N) is 2. The van der Waals surface area contributed by atoms with Gasteiger partial charge in [-0.2, -0.15) is 0 Å². The van der Waals surface area contributed by atoms with Crippen molar-refractivity contribution in [3.63, 3.8) is 0 Å². The predicted molar refractivity (Wildman–Crippen MR) is 78.1 cm³/mol. The van der Waals surface area contributed by atoms with Crippen LogP contribution in [-0.4, -0.2) is 14.5 Å². The van der Waals surface area contributed by atoms with E-state index in [-0.39, 0.29) is 5.82 Å². The fourth-order valence-corrected chi connectivity index (χ4v) is 2.53. The molecule has 1 N–H and O–H groups in total. The highest BCUT2D eigenvalue weighted by atomic mass is 79.9. The highest BCUT2D eigenvalue weighted by molar-refractivity contribution is 9.10. The largest absolute Gasteiger partial charge is 0.329 e. The Hall–Kier alpha value is -1.53. The first-order valence-electron chi connectivity index (χ1n) is 5.62. The maximum Gasteiger partial charge on any atom is 0.179 e. The summed E-state index contributed by atoms with van der Waals surface area (Å²) in [6.07, 6.45) is 1.73. The summed E-state index contributed by atoms with van der Waals surface area (Å²) < 4.78 is 16.3. The molecule has 3 aromatic rings. The summed E-state index contributed by atoms with van der Waals surface area (Å²) in [7, 11) is 0. The molecule has 0 atom stereocenters. The van der Waals surface area contributed by atoms with Crippen LogP contribution in [0.25, 0.3) is 11.2 Å². The number of fused-ring (bicyclic) bond motifs is 1. The molecule has 19 heavy (non-hydrogen) atoms. The van der Waals surface area contributed by atoms with Gasteiger partial charge in [0.1, 0.15) is 5.82 Å². The van der Waals surface area contributed by atoms with Gasteiger partial charge >= 0.3 is 0 Å². The van der Waals surface area contributed by atoms with E-state index in [0.717, 1.165) is 21.2 Å². The van der Waals surface area contributed by atoms with Crippen molar-refractivity contribution in [3.05, 3.63) is 57.2 Å². The number of benzene rings is 1. The summed E-state index contributed by atoms with van der Waals surface area (Å²) in [6.45, 7) is 0.563. The topological polar surface area (TPSA) is 33.6 Å². The maximum absolute atomic E-state index is 12.9. The number of halogens is 2. The maximum atomic E-state index is 12.9. The summed E-state index contributed by atoms with van der Waals surface area (Å²) in [6, 6.07) is 8.30.